The Labute approximate surface area is 109 Å². The predicted octanol–water partition coefficient (Wildman–Crippen LogP) is 1.22. The number of carbonyl (C=O) groups is 1. The maximum Gasteiger partial charge on any atom is 0.255 e. The third kappa shape index (κ3) is 2.92. The molecule has 0 saturated carbocycles. The van der Waals surface area contributed by atoms with Crippen molar-refractivity contribution in [3.63, 3.8) is 0 Å². The quantitative estimate of drug-likeness (QED) is 0.722. The van der Waals surface area contributed by atoms with Crippen LogP contribution in [0.4, 0.5) is 11.4 Å². The zero-order valence-electron chi connectivity index (χ0n) is 10.3. The molecule has 6 heteroatoms. The van der Waals surface area contributed by atoms with Gasteiger partial charge in [0, 0.05) is 23.9 Å². The van der Waals surface area contributed by atoms with Gasteiger partial charge in [0.2, 0.25) is 5.56 Å². The molecule has 0 aliphatic rings. The van der Waals surface area contributed by atoms with E-state index in [0.29, 0.717) is 17.1 Å². The van der Waals surface area contributed by atoms with Gasteiger partial charge in [-0.05, 0) is 18.2 Å². The molecule has 2 rings (SSSR count). The number of methoxy groups -OCH3 is 1. The van der Waals surface area contributed by atoms with Crippen LogP contribution in [0.3, 0.4) is 0 Å². The second-order valence-corrected chi connectivity index (χ2v) is 3.85. The van der Waals surface area contributed by atoms with Gasteiger partial charge in [0.1, 0.15) is 5.75 Å². The number of rotatable bonds is 3. The van der Waals surface area contributed by atoms with E-state index in [4.69, 9.17) is 10.5 Å². The van der Waals surface area contributed by atoms with Crippen LogP contribution in [-0.4, -0.2) is 18.0 Å². The number of ether oxygens (including phenoxy) is 1. The van der Waals surface area contributed by atoms with Crippen molar-refractivity contribution in [2.24, 2.45) is 0 Å². The second kappa shape index (κ2) is 5.26. The zero-order valence-corrected chi connectivity index (χ0v) is 10.3. The summed E-state index contributed by atoms with van der Waals surface area (Å²) in [7, 11) is 1.52. The average Bonchev–Trinajstić information content (AvgIpc) is 2.41. The minimum atomic E-state index is -0.411. The first-order chi connectivity index (χ1) is 9.10. The summed E-state index contributed by atoms with van der Waals surface area (Å²) in [6.07, 6.45) is 1.41. The van der Waals surface area contributed by atoms with Crippen molar-refractivity contribution >= 4 is 17.3 Å². The SMILES string of the molecule is COc1ccc(N)c(NC(=O)c2cc[nH]c(=O)c2)c1. The van der Waals surface area contributed by atoms with E-state index < -0.39 is 5.91 Å². The highest BCUT2D eigenvalue weighted by atomic mass is 16.5. The van der Waals surface area contributed by atoms with E-state index in [1.54, 1.807) is 18.2 Å². The number of aromatic nitrogens is 1. The van der Waals surface area contributed by atoms with Crippen LogP contribution in [-0.2, 0) is 0 Å². The van der Waals surface area contributed by atoms with Gasteiger partial charge in [-0.15, -0.1) is 0 Å². The van der Waals surface area contributed by atoms with Gasteiger partial charge in [0.15, 0.2) is 0 Å². The van der Waals surface area contributed by atoms with E-state index in [1.807, 2.05) is 0 Å². The highest BCUT2D eigenvalue weighted by Crippen LogP contribution is 2.24. The molecule has 0 spiro atoms. The maximum absolute atomic E-state index is 12.0. The summed E-state index contributed by atoms with van der Waals surface area (Å²) in [6.45, 7) is 0. The number of amides is 1. The third-order valence-electron chi connectivity index (χ3n) is 2.55. The topological polar surface area (TPSA) is 97.2 Å². The molecule has 1 amide bonds. The van der Waals surface area contributed by atoms with E-state index in [1.165, 1.54) is 25.4 Å². The molecule has 0 radical (unpaired) electrons. The highest BCUT2D eigenvalue weighted by Gasteiger charge is 2.09. The molecule has 0 aliphatic carbocycles. The summed E-state index contributed by atoms with van der Waals surface area (Å²) < 4.78 is 5.05. The fraction of sp³-hybridized carbons (Fsp3) is 0.0769. The monoisotopic (exact) mass is 259 g/mol. The van der Waals surface area contributed by atoms with E-state index >= 15 is 0 Å². The number of hydrogen-bond donors (Lipinski definition) is 3. The van der Waals surface area contributed by atoms with E-state index in [9.17, 15) is 9.59 Å². The number of aromatic amines is 1. The lowest BCUT2D eigenvalue weighted by Crippen LogP contribution is -2.16. The molecule has 0 saturated heterocycles. The lowest BCUT2D eigenvalue weighted by molar-refractivity contribution is 0.102. The molecule has 0 bridgehead atoms. The number of hydrogen-bond acceptors (Lipinski definition) is 4. The number of nitrogen functional groups attached to an aromatic ring is 1. The third-order valence-corrected chi connectivity index (χ3v) is 2.55. The fourth-order valence-corrected chi connectivity index (χ4v) is 1.55. The molecule has 98 valence electrons. The maximum atomic E-state index is 12.0. The van der Waals surface area contributed by atoms with Gasteiger partial charge < -0.3 is 20.8 Å². The summed E-state index contributed by atoms with van der Waals surface area (Å²) in [6, 6.07) is 7.66. The normalized spacial score (nSPS) is 9.95. The largest absolute Gasteiger partial charge is 0.497 e. The number of H-pyrrole nitrogens is 1. The molecule has 1 heterocycles. The van der Waals surface area contributed by atoms with Gasteiger partial charge >= 0.3 is 0 Å². The molecule has 0 fully saturated rings. The molecule has 4 N–H and O–H groups in total. The Balaban J connectivity index is 2.26. The van der Waals surface area contributed by atoms with Crippen molar-refractivity contribution in [3.8, 4) is 5.75 Å². The fourth-order valence-electron chi connectivity index (χ4n) is 1.55. The predicted molar refractivity (Wildman–Crippen MR) is 72.4 cm³/mol. The molecule has 1 aromatic carbocycles. The molecular weight excluding hydrogens is 246 g/mol. The first-order valence-corrected chi connectivity index (χ1v) is 5.54. The number of nitrogens with one attached hydrogen (secondary N) is 2. The van der Waals surface area contributed by atoms with Gasteiger partial charge in [-0.3, -0.25) is 9.59 Å². The Morgan fingerprint density at radius 1 is 1.32 bits per heavy atom. The molecule has 0 atom stereocenters. The molecule has 19 heavy (non-hydrogen) atoms. The van der Waals surface area contributed by atoms with E-state index in [0.717, 1.165) is 0 Å². The number of carbonyl (C=O) groups excluding carboxylic acids is 1. The van der Waals surface area contributed by atoms with Crippen molar-refractivity contribution in [1.29, 1.82) is 0 Å². The lowest BCUT2D eigenvalue weighted by atomic mass is 10.2. The van der Waals surface area contributed by atoms with Crippen LogP contribution >= 0.6 is 0 Å². The molecular formula is C13H13N3O3. The summed E-state index contributed by atoms with van der Waals surface area (Å²) in [5, 5.41) is 2.63. The van der Waals surface area contributed by atoms with Gasteiger partial charge in [0.25, 0.3) is 5.91 Å². The minimum Gasteiger partial charge on any atom is -0.497 e. The van der Waals surface area contributed by atoms with Crippen LogP contribution in [0.25, 0.3) is 0 Å². The number of pyridine rings is 1. The Hall–Kier alpha value is -2.76. The summed E-state index contributed by atoms with van der Waals surface area (Å²) >= 11 is 0. The van der Waals surface area contributed by atoms with Gasteiger partial charge in [-0.1, -0.05) is 0 Å². The van der Waals surface area contributed by atoms with Crippen LogP contribution in [0, 0.1) is 0 Å². The molecule has 0 unspecified atom stereocenters. The van der Waals surface area contributed by atoms with Crippen molar-refractivity contribution in [1.82, 2.24) is 4.98 Å². The molecule has 1 aromatic heterocycles. The average molecular weight is 259 g/mol. The van der Waals surface area contributed by atoms with Crippen LogP contribution in [0.5, 0.6) is 5.75 Å². The first-order valence-electron chi connectivity index (χ1n) is 5.54. The van der Waals surface area contributed by atoms with Crippen molar-refractivity contribution in [2.75, 3.05) is 18.2 Å². The number of anilines is 2. The molecule has 0 aliphatic heterocycles. The lowest BCUT2D eigenvalue weighted by Gasteiger charge is -2.09. The van der Waals surface area contributed by atoms with Gasteiger partial charge in [-0.25, -0.2) is 0 Å². The van der Waals surface area contributed by atoms with Crippen molar-refractivity contribution in [3.05, 3.63) is 52.4 Å². The standard InChI is InChI=1S/C13H13N3O3/c1-19-9-2-3-10(14)11(7-9)16-13(18)8-4-5-15-12(17)6-8/h2-7H,14H2,1H3,(H,15,17)(H,16,18). The Bertz CT molecular complexity index is 664. The Kier molecular flexibility index (Phi) is 3.51. The van der Waals surface area contributed by atoms with Crippen molar-refractivity contribution < 1.29 is 9.53 Å². The second-order valence-electron chi connectivity index (χ2n) is 3.85. The summed E-state index contributed by atoms with van der Waals surface area (Å²) in [4.78, 5) is 25.5. The van der Waals surface area contributed by atoms with Gasteiger partial charge in [0.05, 0.1) is 18.5 Å². The smallest absolute Gasteiger partial charge is 0.255 e. The van der Waals surface area contributed by atoms with E-state index in [2.05, 4.69) is 10.3 Å². The number of nitrogens with two attached hydrogens (primary N) is 1. The molecule has 6 nitrogen and oxygen atoms in total. The van der Waals surface area contributed by atoms with Crippen LogP contribution in [0.2, 0.25) is 0 Å². The summed E-state index contributed by atoms with van der Waals surface area (Å²) in [5.41, 5.74) is 6.53. The summed E-state index contributed by atoms with van der Waals surface area (Å²) in [5.74, 6) is 0.168. The zero-order chi connectivity index (χ0) is 13.8. The first kappa shape index (κ1) is 12.7. The van der Waals surface area contributed by atoms with Gasteiger partial charge in [-0.2, -0.15) is 0 Å². The van der Waals surface area contributed by atoms with Crippen LogP contribution < -0.4 is 21.3 Å². The van der Waals surface area contributed by atoms with Crippen molar-refractivity contribution in [2.45, 2.75) is 0 Å². The van der Waals surface area contributed by atoms with Crippen LogP contribution in [0.15, 0.2) is 41.3 Å². The van der Waals surface area contributed by atoms with Crippen LogP contribution in [0.1, 0.15) is 10.4 Å². The Morgan fingerprint density at radius 2 is 2.11 bits per heavy atom. The van der Waals surface area contributed by atoms with E-state index in [-0.39, 0.29) is 11.1 Å². The number of benzene rings is 1. The minimum absolute atomic E-state index is 0.256. The highest BCUT2D eigenvalue weighted by molar-refractivity contribution is 6.05. The Morgan fingerprint density at radius 3 is 2.79 bits per heavy atom. The molecule has 2 aromatic rings.